The first-order chi connectivity index (χ1) is 6.81. The molecule has 0 aromatic carbocycles. The zero-order valence-electron chi connectivity index (χ0n) is 7.55. The van der Waals surface area contributed by atoms with E-state index in [9.17, 15) is 4.79 Å². The molecule has 1 unspecified atom stereocenters. The highest BCUT2D eigenvalue weighted by atomic mass is 16.3. The summed E-state index contributed by atoms with van der Waals surface area (Å²) in [4.78, 5) is 13.3. The maximum Gasteiger partial charge on any atom is 0.295 e. The monoisotopic (exact) mass is 197 g/mol. The van der Waals surface area contributed by atoms with Crippen molar-refractivity contribution < 1.29 is 9.90 Å². The number of aliphatic hydroxyl groups is 1. The summed E-state index contributed by atoms with van der Waals surface area (Å²) in [6, 6.07) is 0. The Morgan fingerprint density at radius 3 is 3.14 bits per heavy atom. The molecule has 1 aliphatic rings. The van der Waals surface area contributed by atoms with Crippen LogP contribution in [0, 0.1) is 5.92 Å². The maximum absolute atomic E-state index is 11.6. The van der Waals surface area contributed by atoms with Gasteiger partial charge in [0.25, 0.3) is 11.7 Å². The molecular weight excluding hydrogens is 186 g/mol. The molecule has 0 saturated carbocycles. The largest absolute Gasteiger partial charge is 0.396 e. The fraction of sp³-hybridized carbons (Fsp3) is 0.714. The smallest absolute Gasteiger partial charge is 0.295 e. The number of aliphatic hydroxyl groups excluding tert-OH is 1. The van der Waals surface area contributed by atoms with Crippen LogP contribution in [0.1, 0.15) is 17.0 Å². The number of carbonyl (C=O) groups is 1. The van der Waals surface area contributed by atoms with Crippen LogP contribution in [0.3, 0.4) is 0 Å². The predicted octanol–water partition coefficient (Wildman–Crippen LogP) is -1.35. The first kappa shape index (κ1) is 9.07. The van der Waals surface area contributed by atoms with Gasteiger partial charge >= 0.3 is 0 Å². The van der Waals surface area contributed by atoms with E-state index in [1.807, 2.05) is 0 Å². The number of carbonyl (C=O) groups excluding carboxylic acids is 1. The van der Waals surface area contributed by atoms with Gasteiger partial charge in [0.05, 0.1) is 0 Å². The number of H-pyrrole nitrogens is 1. The second-order valence-corrected chi connectivity index (χ2v) is 3.32. The van der Waals surface area contributed by atoms with E-state index in [1.54, 1.807) is 4.90 Å². The topological polar surface area (TPSA) is 95.0 Å². The number of nitrogens with zero attached hydrogens (tertiary/aromatic N) is 4. The van der Waals surface area contributed by atoms with E-state index in [0.717, 1.165) is 6.42 Å². The average Bonchev–Trinajstić information content (AvgIpc) is 2.88. The van der Waals surface area contributed by atoms with Crippen molar-refractivity contribution in [1.29, 1.82) is 0 Å². The Hall–Kier alpha value is -1.50. The van der Waals surface area contributed by atoms with E-state index in [4.69, 9.17) is 5.11 Å². The van der Waals surface area contributed by atoms with Crippen LogP contribution in [0.15, 0.2) is 0 Å². The maximum atomic E-state index is 11.6. The van der Waals surface area contributed by atoms with E-state index in [1.165, 1.54) is 0 Å². The van der Waals surface area contributed by atoms with Gasteiger partial charge in [0, 0.05) is 25.6 Å². The second-order valence-electron chi connectivity index (χ2n) is 3.32. The molecule has 2 N–H and O–H groups in total. The van der Waals surface area contributed by atoms with Crippen molar-refractivity contribution in [2.45, 2.75) is 6.42 Å². The van der Waals surface area contributed by atoms with Crippen LogP contribution in [-0.2, 0) is 0 Å². The van der Waals surface area contributed by atoms with Crippen molar-refractivity contribution in [3.8, 4) is 0 Å². The number of aromatic amines is 1. The molecule has 1 aromatic rings. The number of hydrogen-bond donors (Lipinski definition) is 2. The molecule has 0 aliphatic carbocycles. The van der Waals surface area contributed by atoms with Gasteiger partial charge in [0.1, 0.15) is 0 Å². The Labute approximate surface area is 80.1 Å². The zero-order valence-corrected chi connectivity index (χ0v) is 7.55. The third-order valence-corrected chi connectivity index (χ3v) is 2.37. The summed E-state index contributed by atoms with van der Waals surface area (Å²) in [7, 11) is 0. The van der Waals surface area contributed by atoms with Crippen molar-refractivity contribution in [3.05, 3.63) is 5.82 Å². The van der Waals surface area contributed by atoms with Gasteiger partial charge in [-0.05, 0) is 11.6 Å². The second kappa shape index (κ2) is 3.70. The van der Waals surface area contributed by atoms with Crippen LogP contribution in [0.4, 0.5) is 0 Å². The molecule has 1 saturated heterocycles. The summed E-state index contributed by atoms with van der Waals surface area (Å²) in [5.74, 6) is 0.0455. The molecule has 1 aliphatic heterocycles. The first-order valence-electron chi connectivity index (χ1n) is 4.45. The van der Waals surface area contributed by atoms with Crippen molar-refractivity contribution in [1.82, 2.24) is 25.5 Å². The van der Waals surface area contributed by atoms with Crippen LogP contribution >= 0.6 is 0 Å². The minimum Gasteiger partial charge on any atom is -0.396 e. The average molecular weight is 197 g/mol. The fourth-order valence-electron chi connectivity index (χ4n) is 1.56. The van der Waals surface area contributed by atoms with Gasteiger partial charge in [0.2, 0.25) is 0 Å². The molecule has 1 aromatic heterocycles. The van der Waals surface area contributed by atoms with Gasteiger partial charge in [-0.25, -0.2) is 0 Å². The van der Waals surface area contributed by atoms with Crippen LogP contribution in [-0.4, -0.2) is 56.2 Å². The van der Waals surface area contributed by atoms with E-state index in [-0.39, 0.29) is 24.3 Å². The molecule has 0 radical (unpaired) electrons. The summed E-state index contributed by atoms with van der Waals surface area (Å²) in [5.41, 5.74) is 0. The number of nitrogens with one attached hydrogen (secondary N) is 1. The lowest BCUT2D eigenvalue weighted by molar-refractivity contribution is 0.0770. The van der Waals surface area contributed by atoms with E-state index >= 15 is 0 Å². The van der Waals surface area contributed by atoms with Crippen LogP contribution in [0.25, 0.3) is 0 Å². The quantitative estimate of drug-likeness (QED) is 0.611. The standard InChI is InChI=1S/C7H11N5O2/c13-4-5-1-2-12(3-5)7(14)6-8-10-11-9-6/h5,13H,1-4H2,(H,8,9,10,11). The molecule has 14 heavy (non-hydrogen) atoms. The highest BCUT2D eigenvalue weighted by Gasteiger charge is 2.28. The molecule has 1 atom stereocenters. The van der Waals surface area contributed by atoms with Crippen LogP contribution in [0.5, 0.6) is 0 Å². The highest BCUT2D eigenvalue weighted by molar-refractivity contribution is 5.90. The highest BCUT2D eigenvalue weighted by Crippen LogP contribution is 2.16. The van der Waals surface area contributed by atoms with E-state index < -0.39 is 0 Å². The minimum absolute atomic E-state index is 0.0867. The third-order valence-electron chi connectivity index (χ3n) is 2.37. The lowest BCUT2D eigenvalue weighted by Gasteiger charge is -2.12. The van der Waals surface area contributed by atoms with E-state index in [0.29, 0.717) is 13.1 Å². The van der Waals surface area contributed by atoms with Gasteiger partial charge in [-0.2, -0.15) is 5.21 Å². The SMILES string of the molecule is O=C(c1nn[nH]n1)N1CCC(CO)C1. The molecule has 7 nitrogen and oxygen atoms in total. The minimum atomic E-state index is -0.227. The van der Waals surface area contributed by atoms with Gasteiger partial charge in [0.15, 0.2) is 0 Å². The number of likely N-dealkylation sites (tertiary alicyclic amines) is 1. The number of amides is 1. The van der Waals surface area contributed by atoms with Crippen molar-refractivity contribution in [2.75, 3.05) is 19.7 Å². The Bertz CT molecular complexity index is 312. The van der Waals surface area contributed by atoms with Gasteiger partial charge in [-0.1, -0.05) is 0 Å². The molecule has 76 valence electrons. The zero-order chi connectivity index (χ0) is 9.97. The van der Waals surface area contributed by atoms with Crippen LogP contribution in [0.2, 0.25) is 0 Å². The number of tetrazole rings is 1. The number of rotatable bonds is 2. The Morgan fingerprint density at radius 1 is 1.71 bits per heavy atom. The van der Waals surface area contributed by atoms with E-state index in [2.05, 4.69) is 20.6 Å². The lowest BCUT2D eigenvalue weighted by Crippen LogP contribution is -2.30. The summed E-state index contributed by atoms with van der Waals surface area (Å²) in [6.45, 7) is 1.35. The van der Waals surface area contributed by atoms with Crippen molar-refractivity contribution in [3.63, 3.8) is 0 Å². The molecular formula is C7H11N5O2. The molecule has 2 rings (SSSR count). The summed E-state index contributed by atoms with van der Waals surface area (Å²) >= 11 is 0. The normalized spacial score (nSPS) is 21.5. The van der Waals surface area contributed by atoms with Gasteiger partial charge in [-0.3, -0.25) is 4.79 Å². The van der Waals surface area contributed by atoms with Gasteiger partial charge < -0.3 is 10.0 Å². The fourth-order valence-corrected chi connectivity index (χ4v) is 1.56. The Morgan fingerprint density at radius 2 is 2.57 bits per heavy atom. The molecule has 7 heteroatoms. The summed E-state index contributed by atoms with van der Waals surface area (Å²) < 4.78 is 0. The van der Waals surface area contributed by atoms with Crippen molar-refractivity contribution >= 4 is 5.91 Å². The lowest BCUT2D eigenvalue weighted by atomic mass is 10.1. The van der Waals surface area contributed by atoms with Crippen molar-refractivity contribution in [2.24, 2.45) is 5.92 Å². The number of aromatic nitrogens is 4. The Kier molecular flexibility index (Phi) is 2.40. The first-order valence-corrected chi connectivity index (χ1v) is 4.45. The molecule has 1 fully saturated rings. The predicted molar refractivity (Wildman–Crippen MR) is 45.3 cm³/mol. The van der Waals surface area contributed by atoms with Gasteiger partial charge in [-0.15, -0.1) is 10.2 Å². The molecule has 0 bridgehead atoms. The van der Waals surface area contributed by atoms with Crippen LogP contribution < -0.4 is 0 Å². The molecule has 1 amide bonds. The number of hydrogen-bond acceptors (Lipinski definition) is 5. The summed E-state index contributed by atoms with van der Waals surface area (Å²) in [5, 5.41) is 21.7. The summed E-state index contributed by atoms with van der Waals surface area (Å²) in [6.07, 6.45) is 0.833. The molecule has 0 spiro atoms. The molecule has 2 heterocycles. The third kappa shape index (κ3) is 1.58. The Balaban J connectivity index is 2.00.